The Labute approximate surface area is 201 Å². The van der Waals surface area contributed by atoms with Crippen LogP contribution in [0.1, 0.15) is 0 Å². The van der Waals surface area contributed by atoms with E-state index in [0.29, 0.717) is 10.0 Å². The first kappa shape index (κ1) is 23.2. The summed E-state index contributed by atoms with van der Waals surface area (Å²) >= 11 is 28.6. The highest BCUT2D eigenvalue weighted by Crippen LogP contribution is 2.34. The minimum absolute atomic E-state index is 0.0256. The second kappa shape index (κ2) is 9.37. The molecular weight excluding hydrogens is 508 g/mol. The molecule has 4 N–H and O–H groups in total. The fourth-order valence-corrected chi connectivity index (χ4v) is 3.73. The quantitative estimate of drug-likeness (QED) is 0.246. The van der Waals surface area contributed by atoms with Crippen LogP contribution in [0.4, 0.5) is 11.4 Å². The summed E-state index contributed by atoms with van der Waals surface area (Å²) in [5.41, 5.74) is 7.35. The maximum absolute atomic E-state index is 13.1. The molecule has 13 heteroatoms. The van der Waals surface area contributed by atoms with E-state index >= 15 is 0 Å². The van der Waals surface area contributed by atoms with Gasteiger partial charge < -0.3 is 11.1 Å². The summed E-state index contributed by atoms with van der Waals surface area (Å²) in [6.45, 7) is 0. The number of hydrogen-bond acceptors (Lipinski definition) is 5. The molecule has 1 saturated heterocycles. The number of imide groups is 1. The average molecular weight is 519 g/mol. The Morgan fingerprint density at radius 3 is 2.23 bits per heavy atom. The van der Waals surface area contributed by atoms with Crippen LogP contribution in [0.15, 0.2) is 41.5 Å². The monoisotopic (exact) mass is 517 g/mol. The van der Waals surface area contributed by atoms with E-state index in [4.69, 9.17) is 52.1 Å². The zero-order chi connectivity index (χ0) is 22.9. The van der Waals surface area contributed by atoms with Crippen molar-refractivity contribution >= 4 is 98.5 Å². The first-order valence-corrected chi connectivity index (χ1v) is 10.2. The van der Waals surface area contributed by atoms with Crippen LogP contribution in [0.3, 0.4) is 0 Å². The number of nitrogens with two attached hydrogens (primary N) is 1. The highest BCUT2D eigenvalue weighted by Gasteiger charge is 2.50. The largest absolute Gasteiger partial charge is 0.375 e. The molecule has 1 fully saturated rings. The van der Waals surface area contributed by atoms with Crippen molar-refractivity contribution in [3.05, 3.63) is 56.5 Å². The third kappa shape index (κ3) is 4.91. The molecule has 1 heterocycles. The molecule has 0 aliphatic carbocycles. The van der Waals surface area contributed by atoms with E-state index in [2.05, 4.69) is 28.1 Å². The van der Waals surface area contributed by atoms with Crippen LogP contribution in [0, 0.1) is 5.92 Å². The molecule has 0 aromatic heterocycles. The summed E-state index contributed by atoms with van der Waals surface area (Å²) in [5, 5.41) is 6.79. The van der Waals surface area contributed by atoms with Crippen molar-refractivity contribution in [2.75, 3.05) is 10.2 Å². The van der Waals surface area contributed by atoms with Gasteiger partial charge in [-0.3, -0.25) is 19.8 Å². The number of thiocarbonyl (C=S) groups is 1. The fourth-order valence-electron chi connectivity index (χ4n) is 2.73. The number of hydrazone groups is 1. The molecule has 8 nitrogen and oxygen atoms in total. The van der Waals surface area contributed by atoms with Crippen LogP contribution >= 0.6 is 58.6 Å². The lowest BCUT2D eigenvalue weighted by Crippen LogP contribution is -2.35. The summed E-state index contributed by atoms with van der Waals surface area (Å²) in [5.74, 6) is -4.27. The molecule has 0 unspecified atom stereocenters. The predicted molar refractivity (Wildman–Crippen MR) is 125 cm³/mol. The van der Waals surface area contributed by atoms with Gasteiger partial charge in [-0.1, -0.05) is 46.4 Å². The number of carbonyl (C=O) groups excluding carboxylic acids is 3. The minimum Gasteiger partial charge on any atom is -0.375 e. The molecule has 2 aromatic carbocycles. The smallest absolute Gasteiger partial charge is 0.282 e. The highest BCUT2D eigenvalue weighted by atomic mass is 35.5. The Hall–Kier alpha value is -2.43. The topological polar surface area (TPSA) is 117 Å². The molecule has 1 atom stereocenters. The normalized spacial score (nSPS) is 17.2. The molecule has 160 valence electrons. The first-order chi connectivity index (χ1) is 14.6. The van der Waals surface area contributed by atoms with Gasteiger partial charge in [-0.15, -0.1) is 0 Å². The van der Waals surface area contributed by atoms with Gasteiger partial charge in [0.2, 0.25) is 5.91 Å². The summed E-state index contributed by atoms with van der Waals surface area (Å²) in [6, 6.07) is 8.51. The third-order valence-corrected chi connectivity index (χ3v) is 5.23. The lowest BCUT2D eigenvalue weighted by Gasteiger charge is -2.16. The SMILES string of the molecule is NC(=S)N/N=C1/C(=O)N(c2ccc(Cl)cc2Cl)C(=O)[C@H]1C(=O)Nc1ccc(Cl)cc1Cl. The number of amides is 3. The maximum Gasteiger partial charge on any atom is 0.282 e. The lowest BCUT2D eigenvalue weighted by atomic mass is 10.0. The van der Waals surface area contributed by atoms with Crippen molar-refractivity contribution in [2.45, 2.75) is 0 Å². The number of nitrogens with one attached hydrogen (secondary N) is 2. The van der Waals surface area contributed by atoms with Crippen molar-refractivity contribution in [3.8, 4) is 0 Å². The van der Waals surface area contributed by atoms with Gasteiger partial charge >= 0.3 is 0 Å². The maximum atomic E-state index is 13.1. The number of rotatable bonds is 4. The zero-order valence-electron chi connectivity index (χ0n) is 15.2. The standard InChI is InChI=1S/C18H11Cl4N5O3S/c19-7-1-3-11(9(21)5-7)24-15(28)13-14(25-26-18(23)31)17(30)27(16(13)29)12-4-2-8(20)6-10(12)22/h1-6,13H,(H,24,28)(H3,23,26,31)/b25-14+/t13-/m1/s1. The van der Waals surface area contributed by atoms with E-state index in [0.717, 1.165) is 4.90 Å². The van der Waals surface area contributed by atoms with Crippen LogP contribution in [0.5, 0.6) is 0 Å². The van der Waals surface area contributed by atoms with Crippen LogP contribution < -0.4 is 21.4 Å². The molecule has 0 saturated carbocycles. The lowest BCUT2D eigenvalue weighted by molar-refractivity contribution is -0.127. The van der Waals surface area contributed by atoms with Crippen LogP contribution in [0.25, 0.3) is 0 Å². The number of anilines is 2. The van der Waals surface area contributed by atoms with E-state index < -0.39 is 29.4 Å². The van der Waals surface area contributed by atoms with Gasteiger partial charge in [0.05, 0.1) is 21.4 Å². The molecule has 0 bridgehead atoms. The Morgan fingerprint density at radius 1 is 1.03 bits per heavy atom. The summed E-state index contributed by atoms with van der Waals surface area (Å²) in [4.78, 5) is 39.8. The fraction of sp³-hybridized carbons (Fsp3) is 0.0556. The van der Waals surface area contributed by atoms with Gasteiger partial charge in [0.15, 0.2) is 11.0 Å². The van der Waals surface area contributed by atoms with Gasteiger partial charge in [-0.05, 0) is 48.6 Å². The average Bonchev–Trinajstić information content (AvgIpc) is 2.92. The van der Waals surface area contributed by atoms with Crippen molar-refractivity contribution in [3.63, 3.8) is 0 Å². The number of hydrogen-bond donors (Lipinski definition) is 3. The highest BCUT2D eigenvalue weighted by molar-refractivity contribution is 7.80. The number of nitrogens with zero attached hydrogens (tertiary/aromatic N) is 2. The molecular formula is C18H11Cl4N5O3S. The van der Waals surface area contributed by atoms with Crippen molar-refractivity contribution in [1.29, 1.82) is 0 Å². The molecule has 0 spiro atoms. The van der Waals surface area contributed by atoms with Gasteiger partial charge in [0.25, 0.3) is 11.8 Å². The second-order valence-corrected chi connectivity index (χ2v) is 8.22. The van der Waals surface area contributed by atoms with E-state index in [1.165, 1.54) is 36.4 Å². The molecule has 3 rings (SSSR count). The van der Waals surface area contributed by atoms with E-state index in [1.807, 2.05) is 0 Å². The Balaban J connectivity index is 2.02. The Kier molecular flexibility index (Phi) is 7.03. The van der Waals surface area contributed by atoms with Gasteiger partial charge in [0.1, 0.15) is 5.71 Å². The number of carbonyl (C=O) groups is 3. The summed E-state index contributed by atoms with van der Waals surface area (Å²) < 4.78 is 0. The van der Waals surface area contributed by atoms with Gasteiger partial charge in [0, 0.05) is 10.0 Å². The number of benzene rings is 2. The van der Waals surface area contributed by atoms with Crippen LogP contribution in [-0.4, -0.2) is 28.5 Å². The second-order valence-electron chi connectivity index (χ2n) is 6.09. The molecule has 1 aliphatic rings. The summed E-state index contributed by atoms with van der Waals surface area (Å²) in [7, 11) is 0. The van der Waals surface area contributed by atoms with Crippen molar-refractivity contribution in [2.24, 2.45) is 16.8 Å². The number of halogens is 4. The molecule has 2 aromatic rings. The molecule has 31 heavy (non-hydrogen) atoms. The van der Waals surface area contributed by atoms with Gasteiger partial charge in [-0.25, -0.2) is 4.90 Å². The Bertz CT molecular complexity index is 1160. The van der Waals surface area contributed by atoms with Gasteiger partial charge in [-0.2, -0.15) is 5.10 Å². The molecule has 1 aliphatic heterocycles. The molecule has 3 amide bonds. The van der Waals surface area contributed by atoms with E-state index in [9.17, 15) is 14.4 Å². The molecule has 0 radical (unpaired) electrons. The third-order valence-electron chi connectivity index (χ3n) is 4.05. The van der Waals surface area contributed by atoms with Crippen molar-refractivity contribution < 1.29 is 14.4 Å². The van der Waals surface area contributed by atoms with Crippen LogP contribution in [0.2, 0.25) is 20.1 Å². The van der Waals surface area contributed by atoms with E-state index in [1.54, 1.807) is 0 Å². The first-order valence-electron chi connectivity index (χ1n) is 8.32. The van der Waals surface area contributed by atoms with Crippen molar-refractivity contribution in [1.82, 2.24) is 5.43 Å². The van der Waals surface area contributed by atoms with Crippen LogP contribution in [-0.2, 0) is 14.4 Å². The van der Waals surface area contributed by atoms with E-state index in [-0.39, 0.29) is 26.5 Å². The minimum atomic E-state index is -1.63. The zero-order valence-corrected chi connectivity index (χ0v) is 19.0. The predicted octanol–water partition coefficient (Wildman–Crippen LogP) is 3.62. The summed E-state index contributed by atoms with van der Waals surface area (Å²) in [6.07, 6.45) is 0. The Morgan fingerprint density at radius 2 is 1.65 bits per heavy atom.